The Morgan fingerprint density at radius 2 is 1.78 bits per heavy atom. The first-order valence-corrected chi connectivity index (χ1v) is 11.0. The summed E-state index contributed by atoms with van der Waals surface area (Å²) < 4.78 is 1.70. The minimum absolute atomic E-state index is 0.139. The second-order valence-corrected chi connectivity index (χ2v) is 8.24. The quantitative estimate of drug-likeness (QED) is 0.449. The highest BCUT2D eigenvalue weighted by atomic mass is 16.3. The van der Waals surface area contributed by atoms with Crippen LogP contribution in [0.4, 0.5) is 5.69 Å². The molecule has 1 saturated carbocycles. The van der Waals surface area contributed by atoms with Gasteiger partial charge in [-0.05, 0) is 61.6 Å². The Labute approximate surface area is 188 Å². The van der Waals surface area contributed by atoms with E-state index in [0.717, 1.165) is 41.6 Å². The number of hydrogen-bond acceptors (Lipinski definition) is 5. The predicted octanol–water partition coefficient (Wildman–Crippen LogP) is 3.51. The molecule has 3 aromatic rings. The number of aliphatic hydroxyl groups excluding tert-OH is 3. The molecule has 0 bridgehead atoms. The summed E-state index contributed by atoms with van der Waals surface area (Å²) in [5, 5.41) is 33.0. The number of hydrogen-bond donors (Lipinski definition) is 4. The van der Waals surface area contributed by atoms with E-state index in [1.54, 1.807) is 23.9 Å². The summed E-state index contributed by atoms with van der Waals surface area (Å²) in [4.78, 5) is 4.14. The van der Waals surface area contributed by atoms with Crippen LogP contribution in [0.5, 0.6) is 0 Å². The van der Waals surface area contributed by atoms with Crippen LogP contribution in [0.15, 0.2) is 60.9 Å². The van der Waals surface area contributed by atoms with Crippen LogP contribution in [0.3, 0.4) is 0 Å². The topological polar surface area (TPSA) is 90.5 Å². The lowest BCUT2D eigenvalue weighted by atomic mass is 10.0. The van der Waals surface area contributed by atoms with Crippen molar-refractivity contribution in [3.8, 4) is 23.0 Å². The zero-order valence-corrected chi connectivity index (χ0v) is 18.1. The molecule has 1 aliphatic carbocycles. The number of nitrogens with zero attached hydrogens (tertiary/aromatic N) is 2. The van der Waals surface area contributed by atoms with Gasteiger partial charge in [0.05, 0.1) is 18.8 Å². The van der Waals surface area contributed by atoms with Crippen molar-refractivity contribution in [3.05, 3.63) is 72.3 Å². The summed E-state index contributed by atoms with van der Waals surface area (Å²) in [6.07, 6.45) is 5.25. The van der Waals surface area contributed by atoms with E-state index in [9.17, 15) is 15.3 Å². The van der Waals surface area contributed by atoms with Gasteiger partial charge in [0.1, 0.15) is 18.0 Å². The number of rotatable bonds is 6. The van der Waals surface area contributed by atoms with Gasteiger partial charge in [0.15, 0.2) is 0 Å². The highest BCUT2D eigenvalue weighted by molar-refractivity contribution is 5.67. The van der Waals surface area contributed by atoms with Crippen molar-refractivity contribution in [1.29, 1.82) is 0 Å². The van der Waals surface area contributed by atoms with Gasteiger partial charge in [-0.25, -0.2) is 4.98 Å². The van der Waals surface area contributed by atoms with E-state index in [1.165, 1.54) is 0 Å². The van der Waals surface area contributed by atoms with Gasteiger partial charge < -0.3 is 25.2 Å². The van der Waals surface area contributed by atoms with E-state index in [4.69, 9.17) is 0 Å². The molecule has 0 saturated heterocycles. The van der Waals surface area contributed by atoms with Crippen LogP contribution in [-0.2, 0) is 0 Å². The smallest absolute Gasteiger partial charge is 0.138 e. The van der Waals surface area contributed by atoms with E-state index < -0.39 is 12.1 Å². The van der Waals surface area contributed by atoms with Gasteiger partial charge in [-0.15, -0.1) is 0 Å². The molecule has 0 amide bonds. The number of aliphatic hydroxyl groups is 3. The van der Waals surface area contributed by atoms with Crippen molar-refractivity contribution in [1.82, 2.24) is 9.55 Å². The van der Waals surface area contributed by atoms with E-state index in [0.29, 0.717) is 5.82 Å². The van der Waals surface area contributed by atoms with Gasteiger partial charge in [0.2, 0.25) is 0 Å². The normalized spacial score (nSPS) is 19.8. The number of anilines is 1. The van der Waals surface area contributed by atoms with Crippen molar-refractivity contribution in [2.24, 2.45) is 0 Å². The lowest BCUT2D eigenvalue weighted by Gasteiger charge is -2.18. The molecule has 1 aromatic heterocycles. The Morgan fingerprint density at radius 1 is 1.09 bits per heavy atom. The molecule has 0 aliphatic heterocycles. The summed E-state index contributed by atoms with van der Waals surface area (Å²) in [5.41, 5.74) is 4.07. The molecule has 1 unspecified atom stereocenters. The standard InChI is InChI=1S/C26H29N3O3/c1-18(31)26-27-15-16-29(26)23(17-30)14-7-19-5-8-20(9-6-19)21-10-12-22(13-11-21)28-24-3-2-4-25(24)32/h5-6,8-13,15-16,18,23-25,28,30-32H,2-4,17H2,1H3/t18-,23-,24?,25-/m0/s1. The summed E-state index contributed by atoms with van der Waals surface area (Å²) in [7, 11) is 0. The second kappa shape index (κ2) is 10.0. The first-order chi connectivity index (χ1) is 15.5. The molecular formula is C26H29N3O3. The maximum Gasteiger partial charge on any atom is 0.138 e. The summed E-state index contributed by atoms with van der Waals surface area (Å²) in [5.74, 6) is 6.66. The highest BCUT2D eigenvalue weighted by Gasteiger charge is 2.24. The number of imidazole rings is 1. The lowest BCUT2D eigenvalue weighted by Crippen LogP contribution is -2.27. The van der Waals surface area contributed by atoms with Crippen molar-refractivity contribution in [2.45, 2.75) is 50.5 Å². The molecule has 1 aliphatic rings. The molecule has 166 valence electrons. The Balaban J connectivity index is 1.44. The lowest BCUT2D eigenvalue weighted by molar-refractivity contribution is 0.172. The largest absolute Gasteiger partial charge is 0.393 e. The summed E-state index contributed by atoms with van der Waals surface area (Å²) in [6.45, 7) is 1.47. The number of nitrogens with one attached hydrogen (secondary N) is 1. The number of aromatic nitrogens is 2. The molecule has 4 N–H and O–H groups in total. The third-order valence-electron chi connectivity index (χ3n) is 5.90. The zero-order chi connectivity index (χ0) is 22.5. The average Bonchev–Trinajstić information content (AvgIpc) is 3.45. The fourth-order valence-corrected chi connectivity index (χ4v) is 4.11. The SMILES string of the molecule is C[C@H](O)c1nccn1[C@@H](C#Cc1ccc(-c2ccc(NC3CCC[C@@H]3O)cc2)cc1)CO. The molecule has 1 fully saturated rings. The molecule has 6 nitrogen and oxygen atoms in total. The van der Waals surface area contributed by atoms with E-state index >= 15 is 0 Å². The highest BCUT2D eigenvalue weighted by Crippen LogP contribution is 2.26. The summed E-state index contributed by atoms with van der Waals surface area (Å²) >= 11 is 0. The maximum atomic E-state index is 9.99. The van der Waals surface area contributed by atoms with Gasteiger partial charge >= 0.3 is 0 Å². The van der Waals surface area contributed by atoms with Gasteiger partial charge in [0.25, 0.3) is 0 Å². The van der Waals surface area contributed by atoms with E-state index in [2.05, 4.69) is 34.3 Å². The Hall–Kier alpha value is -3.11. The molecule has 1 heterocycles. The molecule has 4 rings (SSSR count). The third-order valence-corrected chi connectivity index (χ3v) is 5.90. The van der Waals surface area contributed by atoms with Crippen molar-refractivity contribution < 1.29 is 15.3 Å². The Bertz CT molecular complexity index is 1080. The van der Waals surface area contributed by atoms with Gasteiger partial charge in [-0.2, -0.15) is 0 Å². The fraction of sp³-hybridized carbons (Fsp3) is 0.346. The average molecular weight is 432 g/mol. The maximum absolute atomic E-state index is 9.99. The first-order valence-electron chi connectivity index (χ1n) is 11.0. The minimum Gasteiger partial charge on any atom is -0.393 e. The van der Waals surface area contributed by atoms with Crippen molar-refractivity contribution in [3.63, 3.8) is 0 Å². The van der Waals surface area contributed by atoms with Gasteiger partial charge in [0, 0.05) is 23.6 Å². The van der Waals surface area contributed by atoms with E-state index in [1.807, 2.05) is 36.4 Å². The van der Waals surface area contributed by atoms with Crippen LogP contribution in [-0.4, -0.2) is 43.6 Å². The monoisotopic (exact) mass is 431 g/mol. The van der Waals surface area contributed by atoms with Gasteiger partial charge in [-0.3, -0.25) is 0 Å². The van der Waals surface area contributed by atoms with E-state index in [-0.39, 0.29) is 18.8 Å². The van der Waals surface area contributed by atoms with Crippen LogP contribution in [0.1, 0.15) is 49.7 Å². The second-order valence-electron chi connectivity index (χ2n) is 8.24. The van der Waals surface area contributed by atoms with Crippen LogP contribution >= 0.6 is 0 Å². The third kappa shape index (κ3) is 5.03. The molecular weight excluding hydrogens is 402 g/mol. The van der Waals surface area contributed by atoms with Crippen LogP contribution < -0.4 is 5.32 Å². The molecule has 0 spiro atoms. The minimum atomic E-state index is -0.732. The molecule has 4 atom stereocenters. The van der Waals surface area contributed by atoms with Crippen molar-refractivity contribution in [2.75, 3.05) is 11.9 Å². The van der Waals surface area contributed by atoms with Gasteiger partial charge in [-0.1, -0.05) is 36.1 Å². The van der Waals surface area contributed by atoms with Crippen LogP contribution in [0.25, 0.3) is 11.1 Å². The zero-order valence-electron chi connectivity index (χ0n) is 18.1. The molecule has 6 heteroatoms. The fourth-order valence-electron chi connectivity index (χ4n) is 4.11. The summed E-state index contributed by atoms with van der Waals surface area (Å²) in [6, 6.07) is 15.9. The molecule has 0 radical (unpaired) electrons. The molecule has 32 heavy (non-hydrogen) atoms. The van der Waals surface area contributed by atoms with Crippen LogP contribution in [0, 0.1) is 11.8 Å². The number of benzene rings is 2. The first kappa shape index (κ1) is 22.1. The molecule has 2 aromatic carbocycles. The predicted molar refractivity (Wildman–Crippen MR) is 125 cm³/mol. The van der Waals surface area contributed by atoms with Crippen molar-refractivity contribution >= 4 is 5.69 Å². The Kier molecular flexibility index (Phi) is 6.91. The Morgan fingerprint density at radius 3 is 2.38 bits per heavy atom. The van der Waals surface area contributed by atoms with Crippen LogP contribution in [0.2, 0.25) is 0 Å².